The lowest BCUT2D eigenvalue weighted by Gasteiger charge is -2.08. The van der Waals surface area contributed by atoms with Crippen LogP contribution in [0.25, 0.3) is 10.8 Å². The van der Waals surface area contributed by atoms with Gasteiger partial charge in [-0.1, -0.05) is 0 Å². The van der Waals surface area contributed by atoms with Crippen LogP contribution in [0, 0.1) is 10.1 Å². The van der Waals surface area contributed by atoms with Gasteiger partial charge in [-0.2, -0.15) is 5.10 Å². The van der Waals surface area contributed by atoms with Crippen molar-refractivity contribution in [2.45, 2.75) is 6.54 Å². The van der Waals surface area contributed by atoms with E-state index in [0.29, 0.717) is 23.1 Å². The van der Waals surface area contributed by atoms with Crippen LogP contribution in [0.3, 0.4) is 0 Å². The van der Waals surface area contributed by atoms with E-state index in [2.05, 4.69) is 25.5 Å². The Labute approximate surface area is 113 Å². The molecule has 2 N–H and O–H groups in total. The Morgan fingerprint density at radius 3 is 2.95 bits per heavy atom. The molecule has 0 saturated heterocycles. The van der Waals surface area contributed by atoms with Gasteiger partial charge in [0.2, 0.25) is 0 Å². The van der Waals surface area contributed by atoms with E-state index in [4.69, 9.17) is 0 Å². The van der Waals surface area contributed by atoms with Gasteiger partial charge in [-0.25, -0.2) is 4.98 Å². The van der Waals surface area contributed by atoms with Crippen LogP contribution in [0.2, 0.25) is 0 Å². The molecule has 8 nitrogen and oxygen atoms in total. The lowest BCUT2D eigenvalue weighted by atomic mass is 10.1. The summed E-state index contributed by atoms with van der Waals surface area (Å²) in [5, 5.41) is 21.9. The van der Waals surface area contributed by atoms with Gasteiger partial charge >= 0.3 is 0 Å². The predicted molar refractivity (Wildman–Crippen MR) is 72.1 cm³/mol. The van der Waals surface area contributed by atoms with Crippen molar-refractivity contribution in [2.24, 2.45) is 0 Å². The molecule has 20 heavy (non-hydrogen) atoms. The number of non-ortho nitro benzene ring substituents is 1. The molecule has 0 saturated carbocycles. The summed E-state index contributed by atoms with van der Waals surface area (Å²) in [5.74, 6) is 0.681. The van der Waals surface area contributed by atoms with Gasteiger partial charge in [0.05, 0.1) is 16.9 Å². The number of pyridine rings is 1. The summed E-state index contributed by atoms with van der Waals surface area (Å²) in [7, 11) is 0. The van der Waals surface area contributed by atoms with Gasteiger partial charge in [0.15, 0.2) is 0 Å². The number of H-pyrrole nitrogens is 1. The molecule has 0 amide bonds. The molecule has 0 unspecified atom stereocenters. The Hall–Kier alpha value is -3.03. The first kappa shape index (κ1) is 12.0. The highest BCUT2D eigenvalue weighted by Gasteiger charge is 2.14. The highest BCUT2D eigenvalue weighted by atomic mass is 16.6. The molecule has 2 heterocycles. The average Bonchev–Trinajstić information content (AvgIpc) is 2.97. The van der Waals surface area contributed by atoms with Crippen molar-refractivity contribution in [3.63, 3.8) is 0 Å². The van der Waals surface area contributed by atoms with Crippen LogP contribution in [0.15, 0.2) is 36.9 Å². The van der Waals surface area contributed by atoms with E-state index in [1.807, 2.05) is 0 Å². The first-order valence-electron chi connectivity index (χ1n) is 5.85. The first-order chi connectivity index (χ1) is 9.75. The summed E-state index contributed by atoms with van der Waals surface area (Å²) in [6.45, 7) is 0.446. The number of hydrogen-bond acceptors (Lipinski definition) is 6. The fourth-order valence-electron chi connectivity index (χ4n) is 1.98. The minimum Gasteiger partial charge on any atom is -0.377 e. The van der Waals surface area contributed by atoms with Crippen molar-refractivity contribution in [2.75, 3.05) is 5.32 Å². The summed E-state index contributed by atoms with van der Waals surface area (Å²) in [6.07, 6.45) is 4.56. The monoisotopic (exact) mass is 270 g/mol. The molecule has 0 bridgehead atoms. The lowest BCUT2D eigenvalue weighted by Crippen LogP contribution is -2.02. The maximum atomic E-state index is 11.0. The normalized spacial score (nSPS) is 10.6. The number of rotatable bonds is 4. The van der Waals surface area contributed by atoms with E-state index in [0.717, 1.165) is 5.69 Å². The molecule has 100 valence electrons. The zero-order chi connectivity index (χ0) is 13.9. The quantitative estimate of drug-likeness (QED) is 0.553. The van der Waals surface area contributed by atoms with Crippen LogP contribution in [-0.2, 0) is 6.54 Å². The number of nitrogens with zero attached hydrogens (tertiary/aromatic N) is 4. The Bertz CT molecular complexity index is 756. The SMILES string of the molecule is O=[N+]([O-])c1ccc(NCc2ncn[nH]2)c2cnccc12. The van der Waals surface area contributed by atoms with E-state index in [-0.39, 0.29) is 5.69 Å². The van der Waals surface area contributed by atoms with Gasteiger partial charge in [-0.15, -0.1) is 0 Å². The van der Waals surface area contributed by atoms with Crippen LogP contribution >= 0.6 is 0 Å². The number of nitro groups is 1. The number of aromatic nitrogens is 4. The predicted octanol–water partition coefficient (Wildman–Crippen LogP) is 1.87. The van der Waals surface area contributed by atoms with Crippen molar-refractivity contribution in [1.82, 2.24) is 20.2 Å². The number of aromatic amines is 1. The van der Waals surface area contributed by atoms with Crippen molar-refractivity contribution in [3.8, 4) is 0 Å². The zero-order valence-electron chi connectivity index (χ0n) is 10.3. The van der Waals surface area contributed by atoms with E-state index < -0.39 is 4.92 Å². The molecular formula is C12H10N6O2. The third kappa shape index (κ3) is 2.14. The van der Waals surface area contributed by atoms with E-state index in [1.165, 1.54) is 18.6 Å². The van der Waals surface area contributed by atoms with Crippen LogP contribution < -0.4 is 5.32 Å². The molecule has 2 aromatic heterocycles. The number of nitrogens with one attached hydrogen (secondary N) is 2. The van der Waals surface area contributed by atoms with Crippen molar-refractivity contribution >= 4 is 22.1 Å². The Morgan fingerprint density at radius 1 is 1.30 bits per heavy atom. The lowest BCUT2D eigenvalue weighted by molar-refractivity contribution is -0.383. The second kappa shape index (κ2) is 4.92. The molecule has 3 rings (SSSR count). The largest absolute Gasteiger partial charge is 0.377 e. The van der Waals surface area contributed by atoms with Gasteiger partial charge in [-0.3, -0.25) is 20.2 Å². The van der Waals surface area contributed by atoms with Crippen molar-refractivity contribution < 1.29 is 4.92 Å². The molecule has 0 spiro atoms. The summed E-state index contributed by atoms with van der Waals surface area (Å²) in [5.41, 5.74) is 0.822. The number of benzene rings is 1. The summed E-state index contributed by atoms with van der Waals surface area (Å²) in [6, 6.07) is 4.77. The first-order valence-corrected chi connectivity index (χ1v) is 5.85. The second-order valence-electron chi connectivity index (χ2n) is 4.10. The smallest absolute Gasteiger partial charge is 0.277 e. The van der Waals surface area contributed by atoms with Crippen molar-refractivity contribution in [3.05, 3.63) is 52.9 Å². The molecule has 0 fully saturated rings. The summed E-state index contributed by atoms with van der Waals surface area (Å²) < 4.78 is 0. The van der Waals surface area contributed by atoms with E-state index in [1.54, 1.807) is 18.3 Å². The fourth-order valence-corrected chi connectivity index (χ4v) is 1.98. The minimum absolute atomic E-state index is 0.0626. The Balaban J connectivity index is 1.99. The maximum Gasteiger partial charge on any atom is 0.277 e. The Morgan fingerprint density at radius 2 is 2.20 bits per heavy atom. The van der Waals surface area contributed by atoms with Gasteiger partial charge < -0.3 is 5.32 Å². The highest BCUT2D eigenvalue weighted by molar-refractivity contribution is 5.99. The summed E-state index contributed by atoms with van der Waals surface area (Å²) >= 11 is 0. The molecule has 0 radical (unpaired) electrons. The van der Waals surface area contributed by atoms with Crippen LogP contribution in [-0.4, -0.2) is 25.1 Å². The van der Waals surface area contributed by atoms with Crippen LogP contribution in [0.4, 0.5) is 11.4 Å². The molecule has 0 aliphatic heterocycles. The number of fused-ring (bicyclic) bond motifs is 1. The molecule has 1 aromatic carbocycles. The zero-order valence-corrected chi connectivity index (χ0v) is 10.3. The average molecular weight is 270 g/mol. The third-order valence-corrected chi connectivity index (χ3v) is 2.90. The minimum atomic E-state index is -0.400. The molecular weight excluding hydrogens is 260 g/mol. The highest BCUT2D eigenvalue weighted by Crippen LogP contribution is 2.30. The number of hydrogen-bond donors (Lipinski definition) is 2. The van der Waals surface area contributed by atoms with Gasteiger partial charge in [0.1, 0.15) is 12.2 Å². The van der Waals surface area contributed by atoms with E-state index in [9.17, 15) is 10.1 Å². The third-order valence-electron chi connectivity index (χ3n) is 2.90. The summed E-state index contributed by atoms with van der Waals surface area (Å²) in [4.78, 5) is 18.6. The topological polar surface area (TPSA) is 110 Å². The fraction of sp³-hybridized carbons (Fsp3) is 0.0833. The molecule has 0 aliphatic rings. The molecule has 0 atom stereocenters. The van der Waals surface area contributed by atoms with Gasteiger partial charge in [0, 0.05) is 29.5 Å². The van der Waals surface area contributed by atoms with Crippen LogP contribution in [0.5, 0.6) is 0 Å². The Kier molecular flexibility index (Phi) is 2.96. The number of anilines is 1. The molecule has 0 aliphatic carbocycles. The van der Waals surface area contributed by atoms with Gasteiger partial charge in [-0.05, 0) is 12.1 Å². The molecule has 8 heteroatoms. The molecule has 3 aromatic rings. The standard InChI is InChI=1S/C12H10N6O2/c19-18(20)11-2-1-10(9-5-13-4-3-8(9)11)14-6-12-15-7-16-17-12/h1-5,7,14H,6H2,(H,15,16,17). The van der Waals surface area contributed by atoms with Gasteiger partial charge in [0.25, 0.3) is 5.69 Å². The maximum absolute atomic E-state index is 11.0. The number of nitro benzene ring substituents is 1. The van der Waals surface area contributed by atoms with Crippen molar-refractivity contribution in [1.29, 1.82) is 0 Å². The van der Waals surface area contributed by atoms with Crippen LogP contribution in [0.1, 0.15) is 5.82 Å². The van der Waals surface area contributed by atoms with E-state index >= 15 is 0 Å². The second-order valence-corrected chi connectivity index (χ2v) is 4.10.